The highest BCUT2D eigenvalue weighted by Crippen LogP contribution is 2.31. The number of nitrogens with one attached hydrogen (secondary N) is 1. The zero-order valence-corrected chi connectivity index (χ0v) is 15.3. The summed E-state index contributed by atoms with van der Waals surface area (Å²) in [4.78, 5) is 12.3. The molecule has 1 amide bonds. The van der Waals surface area contributed by atoms with Crippen molar-refractivity contribution in [1.29, 1.82) is 0 Å². The topological polar surface area (TPSA) is 75.4 Å². The Morgan fingerprint density at radius 2 is 2.00 bits per heavy atom. The van der Waals surface area contributed by atoms with Gasteiger partial charge >= 0.3 is 0 Å². The van der Waals surface area contributed by atoms with Crippen LogP contribution < -0.4 is 11.1 Å². The number of amides is 1. The molecule has 1 fully saturated rings. The fraction of sp³-hybridized carbons (Fsp3) is 0.562. The Kier molecular flexibility index (Phi) is 7.62. The van der Waals surface area contributed by atoms with Crippen LogP contribution in [-0.4, -0.2) is 23.1 Å². The monoisotopic (exact) mass is 380 g/mol. The molecule has 3 unspecified atom stereocenters. The van der Waals surface area contributed by atoms with Crippen molar-refractivity contribution in [2.45, 2.75) is 44.2 Å². The minimum absolute atomic E-state index is 0. The van der Waals surface area contributed by atoms with Gasteiger partial charge in [-0.15, -0.1) is 12.4 Å². The van der Waals surface area contributed by atoms with E-state index in [1.54, 1.807) is 18.2 Å². The van der Waals surface area contributed by atoms with Gasteiger partial charge in [-0.2, -0.15) is 0 Å². The minimum Gasteiger partial charge on any atom is -0.387 e. The molecule has 0 aliphatic heterocycles. The van der Waals surface area contributed by atoms with E-state index in [1.807, 2.05) is 6.92 Å². The number of hydrogen-bond acceptors (Lipinski definition) is 3. The van der Waals surface area contributed by atoms with Gasteiger partial charge in [0, 0.05) is 22.1 Å². The van der Waals surface area contributed by atoms with Gasteiger partial charge in [-0.3, -0.25) is 4.79 Å². The zero-order valence-electron chi connectivity index (χ0n) is 13.0. The molecule has 4 nitrogen and oxygen atoms in total. The van der Waals surface area contributed by atoms with Gasteiger partial charge in [0.15, 0.2) is 0 Å². The first kappa shape index (κ1) is 20.5. The van der Waals surface area contributed by atoms with Crippen LogP contribution in [0.1, 0.15) is 44.3 Å². The van der Waals surface area contributed by atoms with Gasteiger partial charge in [0.05, 0.1) is 12.0 Å². The van der Waals surface area contributed by atoms with Crippen LogP contribution in [-0.2, 0) is 4.79 Å². The highest BCUT2D eigenvalue weighted by atomic mass is 35.5. The second kappa shape index (κ2) is 8.54. The van der Waals surface area contributed by atoms with Gasteiger partial charge in [0.25, 0.3) is 0 Å². The van der Waals surface area contributed by atoms with Crippen molar-refractivity contribution in [2.24, 2.45) is 11.7 Å². The molecule has 4 N–H and O–H groups in total. The number of aliphatic hydroxyl groups excluding tert-OH is 1. The predicted molar refractivity (Wildman–Crippen MR) is 96.2 cm³/mol. The van der Waals surface area contributed by atoms with E-state index in [2.05, 4.69) is 5.32 Å². The maximum absolute atomic E-state index is 12.3. The maximum Gasteiger partial charge on any atom is 0.225 e. The molecule has 1 aromatic carbocycles. The molecule has 0 bridgehead atoms. The average molecular weight is 382 g/mol. The van der Waals surface area contributed by atoms with Crippen molar-refractivity contribution in [2.75, 3.05) is 6.54 Å². The van der Waals surface area contributed by atoms with Crippen LogP contribution >= 0.6 is 35.6 Å². The van der Waals surface area contributed by atoms with E-state index in [0.717, 1.165) is 25.7 Å². The van der Waals surface area contributed by atoms with Crippen molar-refractivity contribution in [3.8, 4) is 0 Å². The van der Waals surface area contributed by atoms with E-state index in [1.165, 1.54) is 0 Å². The summed E-state index contributed by atoms with van der Waals surface area (Å²) in [6, 6.07) is 4.87. The third kappa shape index (κ3) is 5.50. The van der Waals surface area contributed by atoms with Crippen molar-refractivity contribution >= 4 is 41.5 Å². The van der Waals surface area contributed by atoms with E-state index >= 15 is 0 Å². The van der Waals surface area contributed by atoms with E-state index in [4.69, 9.17) is 28.9 Å². The summed E-state index contributed by atoms with van der Waals surface area (Å²) < 4.78 is 0. The molecule has 130 valence electrons. The highest BCUT2D eigenvalue weighted by Gasteiger charge is 2.37. The third-order valence-corrected chi connectivity index (χ3v) is 4.75. The molecule has 0 heterocycles. The molecule has 1 saturated carbocycles. The van der Waals surface area contributed by atoms with Crippen LogP contribution in [0, 0.1) is 5.92 Å². The first-order chi connectivity index (χ1) is 10.3. The molecule has 0 saturated heterocycles. The lowest BCUT2D eigenvalue weighted by Crippen LogP contribution is -2.53. The molecule has 3 atom stereocenters. The van der Waals surface area contributed by atoms with Gasteiger partial charge in [-0.25, -0.2) is 0 Å². The van der Waals surface area contributed by atoms with Crippen molar-refractivity contribution in [1.82, 2.24) is 5.32 Å². The van der Waals surface area contributed by atoms with Crippen LogP contribution in [0.5, 0.6) is 0 Å². The number of carbonyl (C=O) groups excluding carboxylic acids is 1. The molecule has 1 aromatic rings. The standard InChI is InChI=1S/C16H22Cl2N2O2.ClH/c1-16(19)5-3-2-4-13(16)15(22)20-9-14(21)10-6-11(17)8-12(18)7-10;/h6-8,13-14,21H,2-5,9,19H2,1H3,(H,20,22);1H. The second-order valence-electron chi connectivity index (χ2n) is 6.27. The summed E-state index contributed by atoms with van der Waals surface area (Å²) in [5, 5.41) is 13.9. The summed E-state index contributed by atoms with van der Waals surface area (Å²) in [7, 11) is 0. The number of benzene rings is 1. The Labute approximate surface area is 153 Å². The second-order valence-corrected chi connectivity index (χ2v) is 7.14. The lowest BCUT2D eigenvalue weighted by molar-refractivity contribution is -0.128. The molecule has 0 aromatic heterocycles. The minimum atomic E-state index is -0.854. The SMILES string of the molecule is CC1(N)CCCCC1C(=O)NCC(O)c1cc(Cl)cc(Cl)c1.Cl. The molecular formula is C16H23Cl3N2O2. The van der Waals surface area contributed by atoms with Crippen LogP contribution in [0.25, 0.3) is 0 Å². The Balaban J connectivity index is 0.00000264. The molecule has 0 spiro atoms. The van der Waals surface area contributed by atoms with Gasteiger partial charge in [-0.05, 0) is 43.5 Å². The summed E-state index contributed by atoms with van der Waals surface area (Å²) in [6.45, 7) is 2.03. The van der Waals surface area contributed by atoms with Gasteiger partial charge in [0.1, 0.15) is 0 Å². The lowest BCUT2D eigenvalue weighted by atomic mass is 9.74. The summed E-state index contributed by atoms with van der Waals surface area (Å²) >= 11 is 11.8. The van der Waals surface area contributed by atoms with Gasteiger partial charge in [-0.1, -0.05) is 36.0 Å². The predicted octanol–water partition coefficient (Wildman–Crippen LogP) is 3.47. The average Bonchev–Trinajstić information content (AvgIpc) is 2.42. The van der Waals surface area contributed by atoms with E-state index in [0.29, 0.717) is 15.6 Å². The molecule has 2 rings (SSSR count). The fourth-order valence-electron chi connectivity index (χ4n) is 2.99. The van der Waals surface area contributed by atoms with Crippen molar-refractivity contribution in [3.63, 3.8) is 0 Å². The Morgan fingerprint density at radius 3 is 2.57 bits per heavy atom. The molecular weight excluding hydrogens is 359 g/mol. The number of hydrogen-bond donors (Lipinski definition) is 3. The summed E-state index contributed by atoms with van der Waals surface area (Å²) in [5.74, 6) is -0.312. The first-order valence-electron chi connectivity index (χ1n) is 7.50. The van der Waals surface area contributed by atoms with E-state index in [9.17, 15) is 9.90 Å². The number of aliphatic hydroxyl groups is 1. The van der Waals surface area contributed by atoms with E-state index < -0.39 is 11.6 Å². The molecule has 23 heavy (non-hydrogen) atoms. The zero-order chi connectivity index (χ0) is 16.3. The van der Waals surface area contributed by atoms with Gasteiger partial charge in [0.2, 0.25) is 5.91 Å². The Hall–Kier alpha value is -0.520. The normalized spacial score (nSPS) is 25.3. The summed E-state index contributed by atoms with van der Waals surface area (Å²) in [5.41, 5.74) is 6.32. The highest BCUT2D eigenvalue weighted by molar-refractivity contribution is 6.34. The number of carbonyl (C=O) groups is 1. The summed E-state index contributed by atoms with van der Waals surface area (Å²) in [6.07, 6.45) is 2.85. The first-order valence-corrected chi connectivity index (χ1v) is 8.26. The number of rotatable bonds is 4. The Morgan fingerprint density at radius 1 is 1.39 bits per heavy atom. The van der Waals surface area contributed by atoms with Crippen LogP contribution in [0.2, 0.25) is 10.0 Å². The Bertz CT molecular complexity index is 532. The number of halogens is 3. The van der Waals surface area contributed by atoms with Crippen LogP contribution in [0.15, 0.2) is 18.2 Å². The lowest BCUT2D eigenvalue weighted by Gasteiger charge is -2.37. The smallest absolute Gasteiger partial charge is 0.225 e. The molecule has 1 aliphatic carbocycles. The largest absolute Gasteiger partial charge is 0.387 e. The molecule has 1 aliphatic rings. The van der Waals surface area contributed by atoms with Crippen molar-refractivity contribution in [3.05, 3.63) is 33.8 Å². The van der Waals surface area contributed by atoms with Crippen LogP contribution in [0.4, 0.5) is 0 Å². The third-order valence-electron chi connectivity index (χ3n) is 4.31. The fourth-order valence-corrected chi connectivity index (χ4v) is 3.54. The van der Waals surface area contributed by atoms with Crippen LogP contribution in [0.3, 0.4) is 0 Å². The van der Waals surface area contributed by atoms with E-state index in [-0.39, 0.29) is 30.8 Å². The molecule has 7 heteroatoms. The van der Waals surface area contributed by atoms with Gasteiger partial charge < -0.3 is 16.2 Å². The number of nitrogens with two attached hydrogens (primary N) is 1. The maximum atomic E-state index is 12.3. The molecule has 0 radical (unpaired) electrons. The quantitative estimate of drug-likeness (QED) is 0.747. The van der Waals surface area contributed by atoms with Crippen molar-refractivity contribution < 1.29 is 9.90 Å².